The molecule has 0 saturated carbocycles. The minimum atomic E-state index is -1.64. The summed E-state index contributed by atoms with van der Waals surface area (Å²) in [4.78, 5) is 11.3. The highest BCUT2D eigenvalue weighted by atomic mass is 16.2. The van der Waals surface area contributed by atoms with Gasteiger partial charge in [-0.15, -0.1) is 10.2 Å². The average Bonchev–Trinajstić information content (AvgIpc) is 2.71. The Morgan fingerprint density at radius 1 is 1.62 bits per heavy atom. The summed E-state index contributed by atoms with van der Waals surface area (Å²) >= 11 is 0. The van der Waals surface area contributed by atoms with E-state index in [0.29, 0.717) is 5.12 Å². The molecule has 2 heterocycles. The summed E-state index contributed by atoms with van der Waals surface area (Å²) in [5.74, 6) is 4.49. The van der Waals surface area contributed by atoms with E-state index in [-0.39, 0.29) is 5.69 Å². The van der Waals surface area contributed by atoms with Crippen molar-refractivity contribution in [2.24, 2.45) is 21.9 Å². The maximum Gasteiger partial charge on any atom is 0.309 e. The minimum absolute atomic E-state index is 0.175. The second kappa shape index (κ2) is 2.31. The normalized spacial score (nSPS) is 27.2. The van der Waals surface area contributed by atoms with Crippen LogP contribution in [0.2, 0.25) is 0 Å². The fourth-order valence-corrected chi connectivity index (χ4v) is 0.923. The molecule has 9 heteroatoms. The molecule has 1 aromatic rings. The Kier molecular flexibility index (Phi) is 1.38. The molecule has 5 N–H and O–H groups in total. The lowest BCUT2D eigenvalue weighted by atomic mass is 10.1. The van der Waals surface area contributed by atoms with Gasteiger partial charge in [0.15, 0.2) is 0 Å². The third-order valence-electron chi connectivity index (χ3n) is 1.64. The first-order valence-electron chi connectivity index (χ1n) is 3.32. The highest BCUT2D eigenvalue weighted by Gasteiger charge is 2.46. The first-order chi connectivity index (χ1) is 6.14. The number of nitrogens with one attached hydrogen (secondary N) is 1. The van der Waals surface area contributed by atoms with Crippen LogP contribution in [0, 0.1) is 0 Å². The van der Waals surface area contributed by atoms with Crippen molar-refractivity contribution in [3.05, 3.63) is 11.9 Å². The van der Waals surface area contributed by atoms with Gasteiger partial charge in [-0.05, 0) is 0 Å². The second-order valence-corrected chi connectivity index (χ2v) is 2.46. The number of rotatable bonds is 1. The third-order valence-corrected chi connectivity index (χ3v) is 1.64. The van der Waals surface area contributed by atoms with E-state index in [9.17, 15) is 4.79 Å². The fraction of sp³-hybridized carbons (Fsp3) is 0.250. The van der Waals surface area contributed by atoms with Crippen LogP contribution in [0.15, 0.2) is 16.5 Å². The summed E-state index contributed by atoms with van der Waals surface area (Å²) in [6.07, 6.45) is 1.29. The highest BCUT2D eigenvalue weighted by molar-refractivity contribution is 5.86. The van der Waals surface area contributed by atoms with Gasteiger partial charge in [-0.25, -0.2) is 5.84 Å². The molecular weight excluding hydrogens is 176 g/mol. The number of aromatic amines is 1. The average molecular weight is 182 g/mol. The lowest BCUT2D eigenvalue weighted by molar-refractivity contribution is -0.134. The number of carbonyl (C=O) groups excluding carboxylic acids is 1. The van der Waals surface area contributed by atoms with E-state index in [4.69, 9.17) is 11.6 Å². The zero-order chi connectivity index (χ0) is 9.47. The molecule has 0 spiro atoms. The molecule has 1 unspecified atom stereocenters. The van der Waals surface area contributed by atoms with Crippen LogP contribution in [0.1, 0.15) is 5.69 Å². The molecule has 0 bridgehead atoms. The number of hydrogen-bond acceptors (Lipinski definition) is 7. The quantitative estimate of drug-likeness (QED) is 0.340. The van der Waals surface area contributed by atoms with Gasteiger partial charge in [-0.3, -0.25) is 10.5 Å². The number of hydrazine groups is 1. The van der Waals surface area contributed by atoms with E-state index >= 15 is 0 Å². The first kappa shape index (κ1) is 7.76. The van der Waals surface area contributed by atoms with Crippen molar-refractivity contribution in [2.75, 3.05) is 0 Å². The smallest absolute Gasteiger partial charge is 0.292 e. The molecule has 0 saturated heterocycles. The Hall–Kier alpha value is -1.87. The Morgan fingerprint density at radius 3 is 2.85 bits per heavy atom. The highest BCUT2D eigenvalue weighted by Crippen LogP contribution is 2.24. The SMILES string of the molecule is NN1N=NC(N)(c2cn[nH]n2)C1=O. The molecule has 0 aromatic carbocycles. The summed E-state index contributed by atoms with van der Waals surface area (Å²) in [6.45, 7) is 0. The summed E-state index contributed by atoms with van der Waals surface area (Å²) < 4.78 is 0. The van der Waals surface area contributed by atoms with Crippen molar-refractivity contribution in [3.8, 4) is 0 Å². The molecule has 1 aliphatic heterocycles. The van der Waals surface area contributed by atoms with Gasteiger partial charge in [-0.2, -0.15) is 15.4 Å². The summed E-state index contributed by atoms with van der Waals surface area (Å²) in [5.41, 5.74) is 4.14. The molecule has 1 atom stereocenters. The molecule has 1 aliphatic rings. The van der Waals surface area contributed by atoms with Crippen LogP contribution in [-0.2, 0) is 10.5 Å². The van der Waals surface area contributed by atoms with Crippen LogP contribution >= 0.6 is 0 Å². The molecule has 0 fully saturated rings. The zero-order valence-corrected chi connectivity index (χ0v) is 6.38. The predicted octanol–water partition coefficient (Wildman–Crippen LogP) is -2.00. The van der Waals surface area contributed by atoms with E-state index in [1.165, 1.54) is 6.20 Å². The molecule has 2 rings (SSSR count). The van der Waals surface area contributed by atoms with Crippen LogP contribution in [0.25, 0.3) is 0 Å². The van der Waals surface area contributed by atoms with Gasteiger partial charge in [0.05, 0.1) is 6.20 Å². The molecule has 9 nitrogen and oxygen atoms in total. The van der Waals surface area contributed by atoms with E-state index in [1.54, 1.807) is 0 Å². The van der Waals surface area contributed by atoms with E-state index in [1.807, 2.05) is 0 Å². The van der Waals surface area contributed by atoms with Crippen LogP contribution in [0.3, 0.4) is 0 Å². The fourth-order valence-electron chi connectivity index (χ4n) is 0.923. The molecule has 13 heavy (non-hydrogen) atoms. The minimum Gasteiger partial charge on any atom is -0.292 e. The van der Waals surface area contributed by atoms with Gasteiger partial charge in [-0.1, -0.05) is 5.22 Å². The maximum absolute atomic E-state index is 11.3. The summed E-state index contributed by atoms with van der Waals surface area (Å²) in [5, 5.41) is 16.8. The summed E-state index contributed by atoms with van der Waals surface area (Å²) in [7, 11) is 0. The van der Waals surface area contributed by atoms with Crippen molar-refractivity contribution in [1.82, 2.24) is 20.5 Å². The maximum atomic E-state index is 11.3. The number of amides is 1. The van der Waals surface area contributed by atoms with Crippen molar-refractivity contribution < 1.29 is 4.79 Å². The van der Waals surface area contributed by atoms with Gasteiger partial charge in [0.2, 0.25) is 0 Å². The van der Waals surface area contributed by atoms with Gasteiger partial charge in [0, 0.05) is 0 Å². The van der Waals surface area contributed by atoms with Crippen LogP contribution in [0.5, 0.6) is 0 Å². The Bertz CT molecular complexity index is 356. The molecule has 0 radical (unpaired) electrons. The van der Waals surface area contributed by atoms with Crippen LogP contribution in [-0.4, -0.2) is 26.4 Å². The standard InChI is InChI=1S/C4H6N8O/c5-4(2-1-7-10-8-2)3(13)12(6)11-9-4/h1H,5-6H2,(H,7,8,10). The predicted molar refractivity (Wildman–Crippen MR) is 38.1 cm³/mol. The number of carbonyl (C=O) groups is 1. The lowest BCUT2D eigenvalue weighted by Crippen LogP contribution is -2.47. The van der Waals surface area contributed by atoms with Crippen molar-refractivity contribution in [1.29, 1.82) is 0 Å². The largest absolute Gasteiger partial charge is 0.309 e. The number of hydrogen-bond donors (Lipinski definition) is 3. The topological polar surface area (TPSA) is 139 Å². The lowest BCUT2D eigenvalue weighted by Gasteiger charge is -2.13. The van der Waals surface area contributed by atoms with Crippen molar-refractivity contribution >= 4 is 5.91 Å². The second-order valence-electron chi connectivity index (χ2n) is 2.46. The number of nitrogens with two attached hydrogens (primary N) is 2. The summed E-state index contributed by atoms with van der Waals surface area (Å²) in [6, 6.07) is 0. The Balaban J connectivity index is 2.44. The Labute approximate surface area is 71.7 Å². The van der Waals surface area contributed by atoms with Gasteiger partial charge >= 0.3 is 5.91 Å². The first-order valence-corrected chi connectivity index (χ1v) is 3.32. The van der Waals surface area contributed by atoms with E-state index in [2.05, 4.69) is 25.7 Å². The molecule has 1 aromatic heterocycles. The monoisotopic (exact) mass is 182 g/mol. The van der Waals surface area contributed by atoms with E-state index < -0.39 is 11.6 Å². The molecular formula is C4H6N8O. The van der Waals surface area contributed by atoms with Gasteiger partial charge in [0.25, 0.3) is 5.66 Å². The third kappa shape index (κ3) is 0.910. The van der Waals surface area contributed by atoms with Crippen LogP contribution in [0.4, 0.5) is 0 Å². The van der Waals surface area contributed by atoms with E-state index in [0.717, 1.165) is 0 Å². The van der Waals surface area contributed by atoms with Crippen molar-refractivity contribution in [3.63, 3.8) is 0 Å². The molecule has 0 aliphatic carbocycles. The van der Waals surface area contributed by atoms with Gasteiger partial charge in [0.1, 0.15) is 5.69 Å². The van der Waals surface area contributed by atoms with Crippen molar-refractivity contribution in [2.45, 2.75) is 5.66 Å². The number of aromatic nitrogens is 3. The number of H-pyrrole nitrogens is 1. The zero-order valence-electron chi connectivity index (χ0n) is 6.38. The van der Waals surface area contributed by atoms with Crippen LogP contribution < -0.4 is 11.6 Å². The molecule has 68 valence electrons. The number of nitrogens with zero attached hydrogens (tertiary/aromatic N) is 5. The van der Waals surface area contributed by atoms with Gasteiger partial charge < -0.3 is 0 Å². The Morgan fingerprint density at radius 2 is 2.38 bits per heavy atom. The molecule has 1 amide bonds.